The zero-order valence-electron chi connectivity index (χ0n) is 7.26. The summed E-state index contributed by atoms with van der Waals surface area (Å²) in [6.45, 7) is 1.93. The highest BCUT2D eigenvalue weighted by molar-refractivity contribution is 5.17. The van der Waals surface area contributed by atoms with E-state index >= 15 is 0 Å². The molecule has 0 aliphatic rings. The molecular formula is C10H14FN. The van der Waals surface area contributed by atoms with Crippen LogP contribution in [0.3, 0.4) is 0 Å². The number of aryl methyl sites for hydroxylation is 1. The minimum Gasteiger partial charge on any atom is -0.328 e. The molecule has 0 heterocycles. The van der Waals surface area contributed by atoms with Crippen molar-refractivity contribution in [1.29, 1.82) is 0 Å². The number of rotatable bonds is 3. The van der Waals surface area contributed by atoms with E-state index in [0.29, 0.717) is 0 Å². The Labute approximate surface area is 72.4 Å². The van der Waals surface area contributed by atoms with Gasteiger partial charge in [0, 0.05) is 6.04 Å². The number of nitrogens with two attached hydrogens (primary N) is 1. The average Bonchev–Trinajstić information content (AvgIpc) is 2.03. The standard InChI is InChI=1S/C10H14FN/c1-8(12)6-7-9-4-2-3-5-10(9)11/h2-5,8H,6-7,12H2,1H3/t8-/m1/s1. The van der Waals surface area contributed by atoms with Gasteiger partial charge in [0.1, 0.15) is 5.82 Å². The molecule has 1 rings (SSSR count). The average molecular weight is 167 g/mol. The van der Waals surface area contributed by atoms with E-state index in [1.54, 1.807) is 12.1 Å². The highest BCUT2D eigenvalue weighted by Gasteiger charge is 2.01. The largest absolute Gasteiger partial charge is 0.328 e. The lowest BCUT2D eigenvalue weighted by Crippen LogP contribution is -2.15. The lowest BCUT2D eigenvalue weighted by Gasteiger charge is -2.05. The summed E-state index contributed by atoms with van der Waals surface area (Å²) in [6.07, 6.45) is 1.56. The second-order valence-corrected chi connectivity index (χ2v) is 3.11. The number of hydrogen-bond donors (Lipinski definition) is 1. The first-order chi connectivity index (χ1) is 5.70. The Morgan fingerprint density at radius 2 is 2.08 bits per heavy atom. The topological polar surface area (TPSA) is 26.0 Å². The van der Waals surface area contributed by atoms with Crippen LogP contribution in [-0.4, -0.2) is 6.04 Å². The lowest BCUT2D eigenvalue weighted by molar-refractivity contribution is 0.590. The minimum atomic E-state index is -0.127. The quantitative estimate of drug-likeness (QED) is 0.733. The Kier molecular flexibility index (Phi) is 3.23. The summed E-state index contributed by atoms with van der Waals surface area (Å²) in [5.74, 6) is -0.127. The van der Waals surface area contributed by atoms with Gasteiger partial charge < -0.3 is 5.73 Å². The molecule has 2 heteroatoms. The molecule has 66 valence electrons. The number of hydrogen-bond acceptors (Lipinski definition) is 1. The maximum absolute atomic E-state index is 13.0. The van der Waals surface area contributed by atoms with Crippen molar-refractivity contribution >= 4 is 0 Å². The first kappa shape index (κ1) is 9.20. The molecule has 0 aliphatic carbocycles. The summed E-state index contributed by atoms with van der Waals surface area (Å²) < 4.78 is 13.0. The number of benzene rings is 1. The van der Waals surface area contributed by atoms with E-state index in [-0.39, 0.29) is 11.9 Å². The summed E-state index contributed by atoms with van der Waals surface area (Å²) in [6, 6.07) is 6.98. The molecule has 0 bridgehead atoms. The Morgan fingerprint density at radius 3 is 2.67 bits per heavy atom. The van der Waals surface area contributed by atoms with Crippen molar-refractivity contribution in [3.05, 3.63) is 35.6 Å². The molecule has 0 aliphatic heterocycles. The molecule has 0 aromatic heterocycles. The normalized spacial score (nSPS) is 12.9. The molecular weight excluding hydrogens is 153 g/mol. The Balaban J connectivity index is 2.57. The summed E-state index contributed by atoms with van der Waals surface area (Å²) in [5, 5.41) is 0. The van der Waals surface area contributed by atoms with Crippen LogP contribution >= 0.6 is 0 Å². The molecule has 1 atom stereocenters. The highest BCUT2D eigenvalue weighted by Crippen LogP contribution is 2.09. The van der Waals surface area contributed by atoms with Crippen LogP contribution in [0.5, 0.6) is 0 Å². The number of halogens is 1. The van der Waals surface area contributed by atoms with Crippen LogP contribution in [0.25, 0.3) is 0 Å². The Morgan fingerprint density at radius 1 is 1.42 bits per heavy atom. The van der Waals surface area contributed by atoms with Crippen molar-refractivity contribution in [2.75, 3.05) is 0 Å². The summed E-state index contributed by atoms with van der Waals surface area (Å²) in [4.78, 5) is 0. The van der Waals surface area contributed by atoms with E-state index in [1.165, 1.54) is 6.07 Å². The molecule has 0 saturated heterocycles. The maximum atomic E-state index is 13.0. The van der Waals surface area contributed by atoms with Crippen LogP contribution in [0.1, 0.15) is 18.9 Å². The first-order valence-corrected chi connectivity index (χ1v) is 4.19. The molecule has 0 spiro atoms. The molecule has 1 aromatic rings. The second kappa shape index (κ2) is 4.21. The molecule has 0 amide bonds. The fourth-order valence-corrected chi connectivity index (χ4v) is 1.08. The van der Waals surface area contributed by atoms with Gasteiger partial charge >= 0.3 is 0 Å². The van der Waals surface area contributed by atoms with E-state index in [4.69, 9.17) is 5.73 Å². The molecule has 0 unspecified atom stereocenters. The fraction of sp³-hybridized carbons (Fsp3) is 0.400. The van der Waals surface area contributed by atoms with E-state index in [2.05, 4.69) is 0 Å². The van der Waals surface area contributed by atoms with Crippen molar-refractivity contribution in [3.63, 3.8) is 0 Å². The summed E-state index contributed by atoms with van der Waals surface area (Å²) >= 11 is 0. The lowest BCUT2D eigenvalue weighted by atomic mass is 10.1. The zero-order chi connectivity index (χ0) is 8.97. The fourth-order valence-electron chi connectivity index (χ4n) is 1.08. The van der Waals surface area contributed by atoms with Gasteiger partial charge in [-0.25, -0.2) is 4.39 Å². The van der Waals surface area contributed by atoms with Gasteiger partial charge in [0.05, 0.1) is 0 Å². The van der Waals surface area contributed by atoms with Gasteiger partial charge in [-0.2, -0.15) is 0 Å². The van der Waals surface area contributed by atoms with Crippen LogP contribution in [0, 0.1) is 5.82 Å². The highest BCUT2D eigenvalue weighted by atomic mass is 19.1. The van der Waals surface area contributed by atoms with E-state index in [1.807, 2.05) is 13.0 Å². The van der Waals surface area contributed by atoms with Crippen molar-refractivity contribution in [3.8, 4) is 0 Å². The molecule has 12 heavy (non-hydrogen) atoms. The monoisotopic (exact) mass is 167 g/mol. The summed E-state index contributed by atoms with van der Waals surface area (Å²) in [7, 11) is 0. The predicted molar refractivity (Wildman–Crippen MR) is 48.4 cm³/mol. The van der Waals surface area contributed by atoms with Crippen LogP contribution in [0.4, 0.5) is 4.39 Å². The minimum absolute atomic E-state index is 0.127. The SMILES string of the molecule is C[C@@H](N)CCc1ccccc1F. The maximum Gasteiger partial charge on any atom is 0.126 e. The van der Waals surface area contributed by atoms with Gasteiger partial charge in [0.2, 0.25) is 0 Å². The van der Waals surface area contributed by atoms with Gasteiger partial charge in [-0.05, 0) is 31.4 Å². The van der Waals surface area contributed by atoms with E-state index in [0.717, 1.165) is 18.4 Å². The van der Waals surface area contributed by atoms with Gasteiger partial charge in [0.15, 0.2) is 0 Å². The Hall–Kier alpha value is -0.890. The van der Waals surface area contributed by atoms with Crippen LogP contribution in [-0.2, 0) is 6.42 Å². The van der Waals surface area contributed by atoms with Gasteiger partial charge in [-0.15, -0.1) is 0 Å². The third-order valence-corrected chi connectivity index (χ3v) is 1.83. The molecule has 0 radical (unpaired) electrons. The predicted octanol–water partition coefficient (Wildman–Crippen LogP) is 2.11. The molecule has 0 fully saturated rings. The molecule has 2 N–H and O–H groups in total. The van der Waals surface area contributed by atoms with Gasteiger partial charge in [-0.3, -0.25) is 0 Å². The van der Waals surface area contributed by atoms with Crippen molar-refractivity contribution in [1.82, 2.24) is 0 Å². The van der Waals surface area contributed by atoms with Gasteiger partial charge in [0.25, 0.3) is 0 Å². The van der Waals surface area contributed by atoms with E-state index < -0.39 is 0 Å². The van der Waals surface area contributed by atoms with Crippen molar-refractivity contribution < 1.29 is 4.39 Å². The molecule has 1 nitrogen and oxygen atoms in total. The van der Waals surface area contributed by atoms with E-state index in [9.17, 15) is 4.39 Å². The van der Waals surface area contributed by atoms with Crippen molar-refractivity contribution in [2.24, 2.45) is 5.73 Å². The zero-order valence-corrected chi connectivity index (χ0v) is 7.26. The van der Waals surface area contributed by atoms with Crippen molar-refractivity contribution in [2.45, 2.75) is 25.8 Å². The third kappa shape index (κ3) is 2.62. The van der Waals surface area contributed by atoms with Crippen LogP contribution < -0.4 is 5.73 Å². The molecule has 1 aromatic carbocycles. The second-order valence-electron chi connectivity index (χ2n) is 3.11. The van der Waals surface area contributed by atoms with Crippen LogP contribution in [0.15, 0.2) is 24.3 Å². The first-order valence-electron chi connectivity index (χ1n) is 4.19. The summed E-state index contributed by atoms with van der Waals surface area (Å²) in [5.41, 5.74) is 6.33. The van der Waals surface area contributed by atoms with Gasteiger partial charge in [-0.1, -0.05) is 18.2 Å². The Bertz CT molecular complexity index is 245. The smallest absolute Gasteiger partial charge is 0.126 e. The third-order valence-electron chi connectivity index (χ3n) is 1.83. The van der Waals surface area contributed by atoms with Crippen LogP contribution in [0.2, 0.25) is 0 Å². The molecule has 0 saturated carbocycles.